The molecule has 0 aliphatic carbocycles. The van der Waals surface area contributed by atoms with Crippen molar-refractivity contribution in [3.8, 4) is 21.9 Å². The van der Waals surface area contributed by atoms with Crippen molar-refractivity contribution in [1.82, 2.24) is 4.90 Å². The summed E-state index contributed by atoms with van der Waals surface area (Å²) in [7, 11) is 3.44. The van der Waals surface area contributed by atoms with Crippen molar-refractivity contribution in [2.24, 2.45) is 0 Å². The van der Waals surface area contributed by atoms with Crippen LogP contribution in [0.3, 0.4) is 0 Å². The Morgan fingerprint density at radius 3 is 2.75 bits per heavy atom. The minimum Gasteiger partial charge on any atom is -0.486 e. The van der Waals surface area contributed by atoms with E-state index in [9.17, 15) is 4.79 Å². The van der Waals surface area contributed by atoms with Gasteiger partial charge in [0.1, 0.15) is 13.2 Å². The van der Waals surface area contributed by atoms with E-state index in [2.05, 4.69) is 0 Å². The molecule has 1 aliphatic rings. The second kappa shape index (κ2) is 7.23. The van der Waals surface area contributed by atoms with Gasteiger partial charge in [-0.2, -0.15) is 0 Å². The molecule has 3 rings (SSSR count). The Labute approximate surface area is 145 Å². The summed E-state index contributed by atoms with van der Waals surface area (Å²) >= 11 is 1.48. The highest BCUT2D eigenvalue weighted by Gasteiger charge is 2.20. The van der Waals surface area contributed by atoms with Crippen LogP contribution in [0.5, 0.6) is 11.5 Å². The van der Waals surface area contributed by atoms with E-state index >= 15 is 0 Å². The molecule has 1 aliphatic heterocycles. The van der Waals surface area contributed by atoms with Crippen molar-refractivity contribution in [1.29, 1.82) is 0 Å². The van der Waals surface area contributed by atoms with Gasteiger partial charge in [0.05, 0.1) is 17.5 Å². The minimum absolute atomic E-state index is 0.00773. The Morgan fingerprint density at radius 2 is 2.00 bits per heavy atom. The van der Waals surface area contributed by atoms with Crippen molar-refractivity contribution >= 4 is 17.2 Å². The summed E-state index contributed by atoms with van der Waals surface area (Å²) in [5, 5.41) is 0. The largest absolute Gasteiger partial charge is 0.486 e. The number of methoxy groups -OCH3 is 1. The van der Waals surface area contributed by atoms with E-state index in [1.165, 1.54) is 11.3 Å². The van der Waals surface area contributed by atoms with Crippen LogP contribution in [-0.2, 0) is 4.74 Å². The molecule has 1 atom stereocenters. The van der Waals surface area contributed by atoms with Gasteiger partial charge in [-0.25, -0.2) is 0 Å². The lowest BCUT2D eigenvalue weighted by molar-refractivity contribution is 0.0638. The van der Waals surface area contributed by atoms with Crippen LogP contribution in [-0.4, -0.2) is 50.8 Å². The van der Waals surface area contributed by atoms with Gasteiger partial charge in [0.25, 0.3) is 5.91 Å². The average molecular weight is 347 g/mol. The molecule has 1 aromatic carbocycles. The number of likely N-dealkylation sites (N-methyl/N-ethyl adjacent to an activating group) is 1. The molecule has 1 unspecified atom stereocenters. The van der Waals surface area contributed by atoms with Gasteiger partial charge in [-0.05, 0) is 42.8 Å². The zero-order chi connectivity index (χ0) is 17.1. The fourth-order valence-corrected chi connectivity index (χ4v) is 3.52. The van der Waals surface area contributed by atoms with Crippen molar-refractivity contribution in [3.63, 3.8) is 0 Å². The molecule has 0 spiro atoms. The van der Waals surface area contributed by atoms with Gasteiger partial charge in [0.15, 0.2) is 11.5 Å². The van der Waals surface area contributed by atoms with Gasteiger partial charge < -0.3 is 19.1 Å². The molecule has 24 heavy (non-hydrogen) atoms. The van der Waals surface area contributed by atoms with Gasteiger partial charge in [-0.3, -0.25) is 4.79 Å². The standard InChI is InChI=1S/C18H21NO4S/c1-12(11-21-3)19(2)18(20)17-7-6-16(24-17)13-4-5-14-15(10-13)23-9-8-22-14/h4-7,10,12H,8-9,11H2,1-3H3. The smallest absolute Gasteiger partial charge is 0.264 e. The van der Waals surface area contributed by atoms with Gasteiger partial charge in [0, 0.05) is 19.0 Å². The molecule has 0 saturated carbocycles. The van der Waals surface area contributed by atoms with Crippen LogP contribution in [0.15, 0.2) is 30.3 Å². The maximum Gasteiger partial charge on any atom is 0.264 e. The van der Waals surface area contributed by atoms with Gasteiger partial charge >= 0.3 is 0 Å². The number of nitrogens with zero attached hydrogens (tertiary/aromatic N) is 1. The van der Waals surface area contributed by atoms with Crippen LogP contribution in [0.4, 0.5) is 0 Å². The highest BCUT2D eigenvalue weighted by Crippen LogP contribution is 2.37. The molecule has 2 heterocycles. The number of ether oxygens (including phenoxy) is 3. The van der Waals surface area contributed by atoms with E-state index in [1.54, 1.807) is 19.1 Å². The van der Waals surface area contributed by atoms with Gasteiger partial charge in [-0.15, -0.1) is 11.3 Å². The molecule has 6 heteroatoms. The van der Waals surface area contributed by atoms with Crippen molar-refractivity contribution in [3.05, 3.63) is 35.2 Å². The van der Waals surface area contributed by atoms with E-state index < -0.39 is 0 Å². The monoisotopic (exact) mass is 347 g/mol. The van der Waals surface area contributed by atoms with Crippen LogP contribution in [0.25, 0.3) is 10.4 Å². The SMILES string of the molecule is COCC(C)N(C)C(=O)c1ccc(-c2ccc3c(c2)OCCO3)s1. The predicted octanol–water partition coefficient (Wildman–Crippen LogP) is 3.29. The number of amides is 1. The molecule has 1 aromatic heterocycles. The minimum atomic E-state index is 0.00773. The van der Waals surface area contributed by atoms with Crippen molar-refractivity contribution < 1.29 is 19.0 Å². The third-order valence-corrected chi connectivity index (χ3v) is 5.16. The summed E-state index contributed by atoms with van der Waals surface area (Å²) in [5.74, 6) is 1.53. The highest BCUT2D eigenvalue weighted by molar-refractivity contribution is 7.17. The van der Waals surface area contributed by atoms with E-state index in [1.807, 2.05) is 37.3 Å². The molecule has 0 radical (unpaired) electrons. The number of thiophene rings is 1. The molecule has 0 fully saturated rings. The molecule has 128 valence electrons. The van der Waals surface area contributed by atoms with E-state index in [0.717, 1.165) is 21.9 Å². The highest BCUT2D eigenvalue weighted by atomic mass is 32.1. The number of carbonyl (C=O) groups excluding carboxylic acids is 1. The predicted molar refractivity (Wildman–Crippen MR) is 94.2 cm³/mol. The lowest BCUT2D eigenvalue weighted by atomic mass is 10.1. The number of benzene rings is 1. The summed E-state index contributed by atoms with van der Waals surface area (Å²) in [6.07, 6.45) is 0. The fourth-order valence-electron chi connectivity index (χ4n) is 2.53. The number of hydrogen-bond acceptors (Lipinski definition) is 5. The van der Waals surface area contributed by atoms with E-state index in [0.29, 0.717) is 24.7 Å². The first-order valence-electron chi connectivity index (χ1n) is 7.86. The summed E-state index contributed by atoms with van der Waals surface area (Å²) in [6.45, 7) is 3.63. The van der Waals surface area contributed by atoms with E-state index in [-0.39, 0.29) is 11.9 Å². The zero-order valence-electron chi connectivity index (χ0n) is 14.1. The number of carbonyl (C=O) groups is 1. The first-order chi connectivity index (χ1) is 11.6. The summed E-state index contributed by atoms with van der Waals surface area (Å²) < 4.78 is 16.3. The third kappa shape index (κ3) is 3.39. The molecule has 5 nitrogen and oxygen atoms in total. The van der Waals surface area contributed by atoms with Crippen molar-refractivity contribution in [2.75, 3.05) is 34.0 Å². The number of fused-ring (bicyclic) bond motifs is 1. The molecular formula is C18H21NO4S. The maximum atomic E-state index is 12.6. The lowest BCUT2D eigenvalue weighted by Crippen LogP contribution is -2.37. The lowest BCUT2D eigenvalue weighted by Gasteiger charge is -2.23. The Kier molecular flexibility index (Phi) is 5.06. The van der Waals surface area contributed by atoms with Crippen LogP contribution in [0.2, 0.25) is 0 Å². The Hall–Kier alpha value is -2.05. The second-order valence-electron chi connectivity index (χ2n) is 5.74. The average Bonchev–Trinajstić information content (AvgIpc) is 3.10. The zero-order valence-corrected chi connectivity index (χ0v) is 14.9. The van der Waals surface area contributed by atoms with Gasteiger partial charge in [0.2, 0.25) is 0 Å². The first kappa shape index (κ1) is 16.8. The summed E-state index contributed by atoms with van der Waals surface area (Å²) in [6, 6.07) is 9.74. The third-order valence-electron chi connectivity index (χ3n) is 4.03. The van der Waals surface area contributed by atoms with Crippen molar-refractivity contribution in [2.45, 2.75) is 13.0 Å². The van der Waals surface area contributed by atoms with E-state index in [4.69, 9.17) is 14.2 Å². The number of hydrogen-bond donors (Lipinski definition) is 0. The molecule has 0 bridgehead atoms. The summed E-state index contributed by atoms with van der Waals surface area (Å²) in [5.41, 5.74) is 1.02. The van der Waals surface area contributed by atoms with Crippen LogP contribution in [0, 0.1) is 0 Å². The topological polar surface area (TPSA) is 48.0 Å². The fraction of sp³-hybridized carbons (Fsp3) is 0.389. The van der Waals surface area contributed by atoms with Crippen LogP contribution < -0.4 is 9.47 Å². The molecule has 1 amide bonds. The first-order valence-corrected chi connectivity index (χ1v) is 8.67. The Bertz CT molecular complexity index is 728. The molecular weight excluding hydrogens is 326 g/mol. The van der Waals surface area contributed by atoms with Gasteiger partial charge in [-0.1, -0.05) is 0 Å². The second-order valence-corrected chi connectivity index (χ2v) is 6.83. The normalized spacial score (nSPS) is 14.3. The molecule has 0 N–H and O–H groups in total. The molecule has 2 aromatic rings. The summed E-state index contributed by atoms with van der Waals surface area (Å²) in [4.78, 5) is 16.0. The quantitative estimate of drug-likeness (QED) is 0.833. The van der Waals surface area contributed by atoms with Crippen LogP contribution >= 0.6 is 11.3 Å². The Morgan fingerprint density at radius 1 is 1.25 bits per heavy atom. The number of rotatable bonds is 5. The maximum absolute atomic E-state index is 12.6. The van der Waals surface area contributed by atoms with Crippen LogP contribution in [0.1, 0.15) is 16.6 Å². The Balaban J connectivity index is 1.79. The molecule has 0 saturated heterocycles.